The minimum atomic E-state index is 1.06. The highest BCUT2D eigenvalue weighted by atomic mass is 15.2. The topological polar surface area (TPSA) is 6.48 Å². The Morgan fingerprint density at radius 2 is 1.54 bits per heavy atom. The average Bonchev–Trinajstić information content (AvgIpc) is 2.20. The summed E-state index contributed by atoms with van der Waals surface area (Å²) < 4.78 is 0. The van der Waals surface area contributed by atoms with E-state index in [4.69, 9.17) is 0 Å². The normalized spacial score (nSPS) is 19.0. The van der Waals surface area contributed by atoms with Gasteiger partial charge in [0.05, 0.1) is 0 Å². The number of rotatable bonds is 1. The number of para-hydroxylation sites is 1. The van der Waals surface area contributed by atoms with Crippen molar-refractivity contribution >= 4 is 5.69 Å². The summed E-state index contributed by atoms with van der Waals surface area (Å²) in [4.78, 5) is 4.53. The molecular formula is C11H15N2. The van der Waals surface area contributed by atoms with E-state index < -0.39 is 0 Å². The molecule has 2 heteroatoms. The van der Waals surface area contributed by atoms with E-state index in [9.17, 15) is 0 Å². The Labute approximate surface area is 79.8 Å². The molecule has 1 heterocycles. The third kappa shape index (κ3) is 2.01. The van der Waals surface area contributed by atoms with E-state index in [-0.39, 0.29) is 0 Å². The number of hydrogen-bond acceptors (Lipinski definition) is 2. The fourth-order valence-corrected chi connectivity index (χ4v) is 1.64. The Morgan fingerprint density at radius 1 is 0.923 bits per heavy atom. The molecule has 2 nitrogen and oxygen atoms in total. The van der Waals surface area contributed by atoms with Gasteiger partial charge < -0.3 is 4.90 Å². The number of anilines is 1. The van der Waals surface area contributed by atoms with Crippen molar-refractivity contribution in [1.29, 1.82) is 0 Å². The quantitative estimate of drug-likeness (QED) is 0.639. The first-order chi connectivity index (χ1) is 6.36. The maximum Gasteiger partial charge on any atom is 0.0367 e. The third-order valence-corrected chi connectivity index (χ3v) is 2.49. The van der Waals surface area contributed by atoms with E-state index >= 15 is 0 Å². The first kappa shape index (κ1) is 8.57. The summed E-state index contributed by atoms with van der Waals surface area (Å²) in [6.45, 7) is 4.31. The Morgan fingerprint density at radius 3 is 2.15 bits per heavy atom. The summed E-state index contributed by atoms with van der Waals surface area (Å²) >= 11 is 0. The zero-order valence-electron chi connectivity index (χ0n) is 7.82. The average molecular weight is 175 g/mol. The standard InChI is InChI=1S/C11H15N2/c1-12-7-9-13(10-8-12)11-5-3-2-4-6-11/h2-6H,1,7-10H2. The molecule has 0 saturated carbocycles. The predicted molar refractivity (Wildman–Crippen MR) is 55.6 cm³/mol. The maximum absolute atomic E-state index is 3.93. The largest absolute Gasteiger partial charge is 0.369 e. The number of nitrogens with zero attached hydrogens (tertiary/aromatic N) is 2. The van der Waals surface area contributed by atoms with E-state index in [1.807, 2.05) is 0 Å². The van der Waals surface area contributed by atoms with Crippen molar-refractivity contribution in [3.63, 3.8) is 0 Å². The van der Waals surface area contributed by atoms with E-state index in [2.05, 4.69) is 47.2 Å². The lowest BCUT2D eigenvalue weighted by Gasteiger charge is -2.33. The van der Waals surface area contributed by atoms with E-state index in [1.54, 1.807) is 0 Å². The summed E-state index contributed by atoms with van der Waals surface area (Å²) in [5.74, 6) is 0. The Kier molecular flexibility index (Phi) is 2.50. The molecule has 0 N–H and O–H groups in total. The van der Waals surface area contributed by atoms with Crippen LogP contribution in [0.15, 0.2) is 30.3 Å². The van der Waals surface area contributed by atoms with Gasteiger partial charge in [-0.1, -0.05) is 18.2 Å². The third-order valence-electron chi connectivity index (χ3n) is 2.49. The van der Waals surface area contributed by atoms with Gasteiger partial charge >= 0.3 is 0 Å². The van der Waals surface area contributed by atoms with Gasteiger partial charge in [-0.25, -0.2) is 0 Å². The van der Waals surface area contributed by atoms with E-state index in [0.29, 0.717) is 0 Å². The summed E-state index contributed by atoms with van der Waals surface area (Å²) in [6, 6.07) is 10.6. The molecule has 0 amide bonds. The zero-order chi connectivity index (χ0) is 9.10. The molecule has 13 heavy (non-hydrogen) atoms. The van der Waals surface area contributed by atoms with Crippen LogP contribution >= 0.6 is 0 Å². The van der Waals surface area contributed by atoms with Crippen molar-refractivity contribution in [3.8, 4) is 0 Å². The molecule has 1 aromatic rings. The van der Waals surface area contributed by atoms with Crippen LogP contribution in [-0.2, 0) is 0 Å². The molecule has 1 fully saturated rings. The van der Waals surface area contributed by atoms with Gasteiger partial charge in [0, 0.05) is 38.9 Å². The molecule has 0 bridgehead atoms. The zero-order valence-corrected chi connectivity index (χ0v) is 7.82. The SMILES string of the molecule is [CH2]N1CCN(c2ccccc2)CC1. The van der Waals surface area contributed by atoms with Crippen molar-refractivity contribution in [2.24, 2.45) is 0 Å². The van der Waals surface area contributed by atoms with Gasteiger partial charge in [-0.15, -0.1) is 0 Å². The van der Waals surface area contributed by atoms with Gasteiger partial charge in [0.1, 0.15) is 0 Å². The second-order valence-corrected chi connectivity index (χ2v) is 3.44. The first-order valence-electron chi connectivity index (χ1n) is 4.72. The Bertz CT molecular complexity index is 250. The molecular weight excluding hydrogens is 160 g/mol. The van der Waals surface area contributed by atoms with Crippen molar-refractivity contribution in [2.45, 2.75) is 0 Å². The molecule has 1 aromatic carbocycles. The van der Waals surface area contributed by atoms with Crippen LogP contribution < -0.4 is 4.90 Å². The summed E-state index contributed by atoms with van der Waals surface area (Å²) in [6.07, 6.45) is 0. The van der Waals surface area contributed by atoms with E-state index in [1.165, 1.54) is 5.69 Å². The smallest absolute Gasteiger partial charge is 0.0367 e. The number of benzene rings is 1. The van der Waals surface area contributed by atoms with Crippen LogP contribution in [0.25, 0.3) is 0 Å². The molecule has 0 unspecified atom stereocenters. The van der Waals surface area contributed by atoms with Crippen LogP contribution in [0.4, 0.5) is 5.69 Å². The van der Waals surface area contributed by atoms with Crippen LogP contribution in [0.1, 0.15) is 0 Å². The van der Waals surface area contributed by atoms with Gasteiger partial charge in [-0.2, -0.15) is 0 Å². The molecule has 1 aliphatic heterocycles. The van der Waals surface area contributed by atoms with Crippen molar-refractivity contribution in [3.05, 3.63) is 37.4 Å². The van der Waals surface area contributed by atoms with Crippen molar-refractivity contribution in [1.82, 2.24) is 4.90 Å². The van der Waals surface area contributed by atoms with Gasteiger partial charge in [0.2, 0.25) is 0 Å². The molecule has 0 spiro atoms. The summed E-state index contributed by atoms with van der Waals surface area (Å²) in [7, 11) is 3.93. The second kappa shape index (κ2) is 3.79. The summed E-state index contributed by atoms with van der Waals surface area (Å²) in [5.41, 5.74) is 1.33. The highest BCUT2D eigenvalue weighted by Crippen LogP contribution is 2.14. The molecule has 1 radical (unpaired) electrons. The highest BCUT2D eigenvalue weighted by molar-refractivity contribution is 5.46. The van der Waals surface area contributed by atoms with Crippen LogP contribution in [-0.4, -0.2) is 31.1 Å². The number of hydrogen-bond donors (Lipinski definition) is 0. The Hall–Kier alpha value is -1.02. The summed E-state index contributed by atoms with van der Waals surface area (Å²) in [5, 5.41) is 0. The van der Waals surface area contributed by atoms with Crippen LogP contribution in [0.5, 0.6) is 0 Å². The first-order valence-corrected chi connectivity index (χ1v) is 4.72. The molecule has 0 atom stereocenters. The van der Waals surface area contributed by atoms with Gasteiger partial charge in [-0.05, 0) is 12.1 Å². The van der Waals surface area contributed by atoms with Crippen LogP contribution in [0.3, 0.4) is 0 Å². The minimum absolute atomic E-state index is 1.06. The molecule has 0 aliphatic carbocycles. The number of piperazine rings is 1. The van der Waals surface area contributed by atoms with Crippen LogP contribution in [0, 0.1) is 7.05 Å². The van der Waals surface area contributed by atoms with Crippen molar-refractivity contribution in [2.75, 3.05) is 31.1 Å². The lowest BCUT2D eigenvalue weighted by atomic mass is 10.2. The lowest BCUT2D eigenvalue weighted by molar-refractivity contribution is 0.344. The fourth-order valence-electron chi connectivity index (χ4n) is 1.64. The predicted octanol–water partition coefficient (Wildman–Crippen LogP) is 1.60. The van der Waals surface area contributed by atoms with Gasteiger partial charge in [-0.3, -0.25) is 4.90 Å². The lowest BCUT2D eigenvalue weighted by Crippen LogP contribution is -2.43. The fraction of sp³-hybridized carbons (Fsp3) is 0.364. The molecule has 2 rings (SSSR count). The molecule has 0 aromatic heterocycles. The van der Waals surface area contributed by atoms with Gasteiger partial charge in [0.15, 0.2) is 0 Å². The van der Waals surface area contributed by atoms with Gasteiger partial charge in [0.25, 0.3) is 0 Å². The minimum Gasteiger partial charge on any atom is -0.369 e. The second-order valence-electron chi connectivity index (χ2n) is 3.44. The monoisotopic (exact) mass is 175 g/mol. The molecule has 1 saturated heterocycles. The molecule has 1 aliphatic rings. The van der Waals surface area contributed by atoms with Crippen LogP contribution in [0.2, 0.25) is 0 Å². The highest BCUT2D eigenvalue weighted by Gasteiger charge is 2.13. The maximum atomic E-state index is 3.93. The van der Waals surface area contributed by atoms with Crippen molar-refractivity contribution < 1.29 is 0 Å². The van der Waals surface area contributed by atoms with E-state index in [0.717, 1.165) is 26.2 Å². The Balaban J connectivity index is 2.03. The molecule has 69 valence electrons.